The lowest BCUT2D eigenvalue weighted by molar-refractivity contribution is -0.148. The van der Waals surface area contributed by atoms with Gasteiger partial charge in [0.2, 0.25) is 53.2 Å². The van der Waals surface area contributed by atoms with Crippen LogP contribution in [0, 0.1) is 5.92 Å². The number of amides is 9. The quantitative estimate of drug-likeness (QED) is 0.0180. The molecule has 0 radical (unpaired) electrons. The molecule has 3 saturated heterocycles. The summed E-state index contributed by atoms with van der Waals surface area (Å²) in [5.41, 5.74) is 40.0. The van der Waals surface area contributed by atoms with Gasteiger partial charge in [-0.1, -0.05) is 32.0 Å². The van der Waals surface area contributed by atoms with E-state index >= 15 is 0 Å². The average molecular weight is 1220 g/mol. The fourth-order valence-corrected chi connectivity index (χ4v) is 10.9. The molecule has 5 rings (SSSR count). The van der Waals surface area contributed by atoms with Crippen LogP contribution in [0.25, 0.3) is 10.9 Å². The van der Waals surface area contributed by atoms with Crippen molar-refractivity contribution in [2.45, 2.75) is 158 Å². The number of fused-ring (bicyclic) bond motifs is 1. The van der Waals surface area contributed by atoms with Crippen molar-refractivity contribution in [3.8, 4) is 0 Å². The second-order valence-electron chi connectivity index (χ2n) is 22.3. The summed E-state index contributed by atoms with van der Waals surface area (Å²) in [6.45, 7) is 2.95. The van der Waals surface area contributed by atoms with Crippen LogP contribution in [0.3, 0.4) is 0 Å². The highest BCUT2D eigenvalue weighted by Gasteiger charge is 2.45. The number of aromatic amines is 1. The van der Waals surface area contributed by atoms with Gasteiger partial charge in [0.15, 0.2) is 17.9 Å². The molecule has 0 aliphatic carbocycles. The standard InChI is InChI=1S/C55H88N20O12/c1-30(2)25-37(45(79)70-36(52(86)87)15-7-21-65-55(61)62)71-48(82)41-17-9-22-73(41)50(84)39(29-76)72-46(80)38(26-31-27-66-34-13-4-3-11-32(31)34)68-43(77)28-67-47(81)40-16-8-23-74(40)51(85)42-18-10-24-75(42)49(83)35(14-6-20-64-54(59)60)69-44(78)33(56)12-5-19-63-53(57)58/h3-4,11,13,27,30,33,35-42,66,76H,5-10,12,14-26,28-29,56H2,1-2H3,(H,67,81)(H,68,77)(H,69,78)(H,70,79)(H,71,82)(H,72,80)(H,86,87)(H4,57,58,63)(H4,59,60,64)(H4,61,62,65)/t33-,35-,36-,37-,38-,39-,40-,41-,42-/m0/s1. The molecule has 9 atom stereocenters. The number of para-hydroxylation sites is 1. The molecule has 0 bridgehead atoms. The average Bonchev–Trinajstić information content (AvgIpc) is 2.01. The first-order chi connectivity index (χ1) is 41.4. The number of H-pyrrole nitrogens is 1. The van der Waals surface area contributed by atoms with Gasteiger partial charge >= 0.3 is 5.97 Å². The van der Waals surface area contributed by atoms with E-state index in [0.717, 1.165) is 10.9 Å². The molecule has 32 heteroatoms. The second-order valence-corrected chi connectivity index (χ2v) is 22.3. The number of carboxylic acid groups (broad SMARTS) is 1. The van der Waals surface area contributed by atoms with E-state index in [9.17, 15) is 58.2 Å². The summed E-state index contributed by atoms with van der Waals surface area (Å²) >= 11 is 0. The number of nitrogens with two attached hydrogens (primary N) is 7. The number of carboxylic acids is 1. The van der Waals surface area contributed by atoms with Crippen molar-refractivity contribution in [2.24, 2.45) is 61.0 Å². The summed E-state index contributed by atoms with van der Waals surface area (Å²) < 4.78 is 0. The smallest absolute Gasteiger partial charge is 0.326 e. The molecule has 480 valence electrons. The van der Waals surface area contributed by atoms with Gasteiger partial charge in [0.25, 0.3) is 0 Å². The van der Waals surface area contributed by atoms with Crippen LogP contribution in [0.5, 0.6) is 0 Å². The molecule has 1 aromatic carbocycles. The van der Waals surface area contributed by atoms with Crippen molar-refractivity contribution < 1.29 is 58.2 Å². The molecule has 0 spiro atoms. The number of hydrogen-bond donors (Lipinski definition) is 16. The van der Waals surface area contributed by atoms with Gasteiger partial charge < -0.3 is 102 Å². The molecule has 9 amide bonds. The summed E-state index contributed by atoms with van der Waals surface area (Å²) in [4.78, 5) is 157. The zero-order valence-corrected chi connectivity index (χ0v) is 49.4. The maximum Gasteiger partial charge on any atom is 0.326 e. The van der Waals surface area contributed by atoms with Gasteiger partial charge in [-0.2, -0.15) is 0 Å². The number of aromatic nitrogens is 1. The lowest BCUT2D eigenvalue weighted by Gasteiger charge is -2.33. The highest BCUT2D eigenvalue weighted by atomic mass is 16.4. The molecule has 0 saturated carbocycles. The van der Waals surface area contributed by atoms with E-state index in [-0.39, 0.29) is 121 Å². The van der Waals surface area contributed by atoms with Crippen molar-refractivity contribution in [1.82, 2.24) is 51.6 Å². The first-order valence-electron chi connectivity index (χ1n) is 29.4. The number of nitrogens with zero attached hydrogens (tertiary/aromatic N) is 6. The second kappa shape index (κ2) is 33.8. The highest BCUT2D eigenvalue weighted by molar-refractivity contribution is 5.99. The van der Waals surface area contributed by atoms with Crippen LogP contribution in [0.2, 0.25) is 0 Å². The van der Waals surface area contributed by atoms with Gasteiger partial charge in [-0.25, -0.2) is 4.79 Å². The van der Waals surface area contributed by atoms with E-state index < -0.39 is 127 Å². The maximum absolute atomic E-state index is 14.4. The Morgan fingerprint density at radius 3 is 1.70 bits per heavy atom. The molecule has 0 unspecified atom stereocenters. The third kappa shape index (κ3) is 20.7. The molecular weight excluding hydrogens is 1130 g/mol. The first kappa shape index (κ1) is 69.0. The molecule has 4 heterocycles. The van der Waals surface area contributed by atoms with Crippen molar-refractivity contribution in [3.05, 3.63) is 36.0 Å². The Kier molecular flexibility index (Phi) is 26.8. The minimum Gasteiger partial charge on any atom is -0.480 e. The number of hydrogen-bond acceptors (Lipinski definition) is 15. The van der Waals surface area contributed by atoms with Gasteiger partial charge in [-0.3, -0.25) is 58.1 Å². The van der Waals surface area contributed by atoms with Gasteiger partial charge in [0, 0.05) is 62.8 Å². The summed E-state index contributed by atoms with van der Waals surface area (Å²) in [7, 11) is 0. The third-order valence-corrected chi connectivity index (χ3v) is 15.2. The van der Waals surface area contributed by atoms with E-state index in [1.54, 1.807) is 38.2 Å². The summed E-state index contributed by atoms with van der Waals surface area (Å²) in [5, 5.41) is 36.9. The Morgan fingerprint density at radius 1 is 0.609 bits per heavy atom. The van der Waals surface area contributed by atoms with Gasteiger partial charge in [-0.15, -0.1) is 0 Å². The van der Waals surface area contributed by atoms with Crippen molar-refractivity contribution in [1.29, 1.82) is 0 Å². The summed E-state index contributed by atoms with van der Waals surface area (Å²) in [5.74, 6) is -8.21. The van der Waals surface area contributed by atoms with Gasteiger partial charge in [0.1, 0.15) is 48.3 Å². The molecule has 3 aliphatic rings. The van der Waals surface area contributed by atoms with Crippen LogP contribution in [0.4, 0.5) is 0 Å². The van der Waals surface area contributed by atoms with Crippen LogP contribution in [0.1, 0.15) is 103 Å². The fraction of sp³-hybridized carbons (Fsp3) is 0.618. The first-order valence-corrected chi connectivity index (χ1v) is 29.4. The highest BCUT2D eigenvalue weighted by Crippen LogP contribution is 2.27. The van der Waals surface area contributed by atoms with Gasteiger partial charge in [-0.05, 0) is 101 Å². The Labute approximate surface area is 503 Å². The summed E-state index contributed by atoms with van der Waals surface area (Å²) in [6, 6.07) is -3.63. The number of aliphatic hydroxyl groups is 1. The van der Waals surface area contributed by atoms with Crippen molar-refractivity contribution in [3.63, 3.8) is 0 Å². The number of rotatable bonds is 33. The maximum atomic E-state index is 14.4. The van der Waals surface area contributed by atoms with Crippen molar-refractivity contribution in [2.75, 3.05) is 52.4 Å². The van der Waals surface area contributed by atoms with Crippen LogP contribution in [-0.4, -0.2) is 214 Å². The SMILES string of the molecule is CC(C)C[C@H](NC(=O)[C@@H]1CCCN1C(=O)[C@H](CO)NC(=O)[C@H](Cc1c[nH]c2ccccc12)NC(=O)CNC(=O)[C@@H]1CCCN1C(=O)[C@@H]1CCCN1C(=O)[C@H](CCCN=C(N)N)NC(=O)[C@@H](N)CCCN=C(N)N)C(=O)N[C@@H](CCCN=C(N)N)C(=O)O. The molecule has 23 N–H and O–H groups in total. The van der Waals surface area contributed by atoms with E-state index in [1.165, 1.54) is 14.7 Å². The zero-order chi connectivity index (χ0) is 63.9. The van der Waals surface area contributed by atoms with E-state index in [0.29, 0.717) is 37.7 Å². The van der Waals surface area contributed by atoms with Crippen LogP contribution < -0.4 is 72.0 Å². The summed E-state index contributed by atoms with van der Waals surface area (Å²) in [6.07, 6.45) is 4.73. The number of likely N-dealkylation sites (tertiary alicyclic amines) is 3. The van der Waals surface area contributed by atoms with Crippen LogP contribution in [0.15, 0.2) is 45.4 Å². The third-order valence-electron chi connectivity index (χ3n) is 15.2. The molecule has 3 fully saturated rings. The van der Waals surface area contributed by atoms with E-state index in [4.69, 9.17) is 40.1 Å². The van der Waals surface area contributed by atoms with Gasteiger partial charge in [0.05, 0.1) is 19.2 Å². The number of guanidine groups is 3. The van der Waals surface area contributed by atoms with Crippen LogP contribution in [-0.2, 0) is 54.4 Å². The predicted molar refractivity (Wildman–Crippen MR) is 321 cm³/mol. The van der Waals surface area contributed by atoms with Crippen molar-refractivity contribution >= 4 is 87.9 Å². The zero-order valence-electron chi connectivity index (χ0n) is 49.4. The molecular formula is C55H88N20O12. The number of aliphatic carboxylic acids is 1. The molecule has 87 heavy (non-hydrogen) atoms. The lowest BCUT2D eigenvalue weighted by Crippen LogP contribution is -2.60. The number of aliphatic hydroxyl groups excluding tert-OH is 1. The Bertz CT molecular complexity index is 2830. The fourth-order valence-electron chi connectivity index (χ4n) is 10.9. The monoisotopic (exact) mass is 1220 g/mol. The lowest BCUT2D eigenvalue weighted by atomic mass is 10.0. The number of aliphatic imine (C=N–C) groups is 3. The van der Waals surface area contributed by atoms with E-state index in [1.807, 2.05) is 6.07 Å². The number of benzene rings is 1. The topological polar surface area (TPSA) is 528 Å². The minimum absolute atomic E-state index is 0.0132. The normalized spacial score (nSPS) is 18.5. The molecule has 1 aromatic heterocycles. The van der Waals surface area contributed by atoms with E-state index in [2.05, 4.69) is 51.9 Å². The molecule has 2 aromatic rings. The number of nitrogens with one attached hydrogen (secondary N) is 7. The number of carbonyl (C=O) groups is 10. The molecule has 32 nitrogen and oxygen atoms in total. The Morgan fingerprint density at radius 2 is 1.11 bits per heavy atom. The Hall–Kier alpha value is -8.81. The molecule has 3 aliphatic heterocycles. The predicted octanol–water partition coefficient (Wildman–Crippen LogP) is -5.17. The minimum atomic E-state index is -1.62. The Balaban J connectivity index is 1.25. The van der Waals surface area contributed by atoms with Crippen LogP contribution >= 0.6 is 0 Å². The number of carbonyl (C=O) groups excluding carboxylic acids is 9. The largest absolute Gasteiger partial charge is 0.480 e.